The lowest BCUT2D eigenvalue weighted by Gasteiger charge is -2.21. The van der Waals surface area contributed by atoms with E-state index in [0.717, 1.165) is 19.0 Å². The van der Waals surface area contributed by atoms with Gasteiger partial charge in [0.15, 0.2) is 0 Å². The van der Waals surface area contributed by atoms with E-state index >= 15 is 0 Å². The molecule has 1 aliphatic rings. The number of sulfonamides is 1. The molecule has 1 aromatic rings. The van der Waals surface area contributed by atoms with Crippen molar-refractivity contribution in [3.8, 4) is 0 Å². The summed E-state index contributed by atoms with van der Waals surface area (Å²) in [6.07, 6.45) is 1.43. The van der Waals surface area contributed by atoms with Gasteiger partial charge in [0.25, 0.3) is 0 Å². The van der Waals surface area contributed by atoms with Gasteiger partial charge in [0.1, 0.15) is 5.82 Å². The maximum Gasteiger partial charge on any atom is 0.240 e. The average Bonchev–Trinajstić information content (AvgIpc) is 2.82. The van der Waals surface area contributed by atoms with Gasteiger partial charge in [-0.1, -0.05) is 13.0 Å². The van der Waals surface area contributed by atoms with Gasteiger partial charge in [-0.05, 0) is 30.5 Å². The summed E-state index contributed by atoms with van der Waals surface area (Å²) in [6.45, 7) is 3.35. The van der Waals surface area contributed by atoms with Crippen molar-refractivity contribution in [3.63, 3.8) is 0 Å². The Morgan fingerprint density at radius 3 is 2.81 bits per heavy atom. The number of benzene rings is 1. The van der Waals surface area contributed by atoms with E-state index < -0.39 is 15.8 Å². The fraction of sp³-hybridized carbons (Fsp3) is 0.500. The van der Waals surface area contributed by atoms with Gasteiger partial charge in [0.05, 0.1) is 4.90 Å². The Hall–Kier alpha value is -1.47. The number of nitrogens with zero attached hydrogens (tertiary/aromatic N) is 1. The Morgan fingerprint density at radius 2 is 2.19 bits per heavy atom. The average molecular weight is 314 g/mol. The lowest BCUT2D eigenvalue weighted by atomic mass is 10.2. The smallest absolute Gasteiger partial charge is 0.240 e. The van der Waals surface area contributed by atoms with E-state index in [1.807, 2.05) is 6.92 Å². The molecule has 0 unspecified atom stereocenters. The number of carbonyl (C=O) groups is 1. The minimum absolute atomic E-state index is 0.00427. The predicted octanol–water partition coefficient (Wildman–Crippen LogP) is 1.36. The predicted molar refractivity (Wildman–Crippen MR) is 76.6 cm³/mol. The van der Waals surface area contributed by atoms with Gasteiger partial charge in [0.2, 0.25) is 15.9 Å². The molecule has 116 valence electrons. The first-order valence-corrected chi connectivity index (χ1v) is 8.40. The number of hydrogen-bond donors (Lipinski definition) is 1. The van der Waals surface area contributed by atoms with Crippen LogP contribution in [0.2, 0.25) is 0 Å². The first kappa shape index (κ1) is 15.9. The molecular formula is C14H19FN2O3S. The van der Waals surface area contributed by atoms with E-state index in [9.17, 15) is 17.6 Å². The fourth-order valence-corrected chi connectivity index (χ4v) is 3.50. The van der Waals surface area contributed by atoms with Crippen molar-refractivity contribution in [2.45, 2.75) is 24.7 Å². The molecule has 1 aliphatic heterocycles. The van der Waals surface area contributed by atoms with Gasteiger partial charge in [0, 0.05) is 26.1 Å². The van der Waals surface area contributed by atoms with Gasteiger partial charge in [-0.2, -0.15) is 0 Å². The van der Waals surface area contributed by atoms with Crippen LogP contribution in [0.5, 0.6) is 0 Å². The van der Waals surface area contributed by atoms with Gasteiger partial charge < -0.3 is 4.90 Å². The van der Waals surface area contributed by atoms with Crippen LogP contribution in [-0.4, -0.2) is 38.9 Å². The van der Waals surface area contributed by atoms with Crippen LogP contribution in [0.4, 0.5) is 4.39 Å². The molecule has 0 spiro atoms. The van der Waals surface area contributed by atoms with E-state index in [1.54, 1.807) is 4.90 Å². The molecule has 21 heavy (non-hydrogen) atoms. The van der Waals surface area contributed by atoms with Crippen molar-refractivity contribution in [2.24, 2.45) is 5.92 Å². The van der Waals surface area contributed by atoms with E-state index in [2.05, 4.69) is 4.72 Å². The second-order valence-electron chi connectivity index (χ2n) is 5.36. The van der Waals surface area contributed by atoms with Crippen molar-refractivity contribution in [3.05, 3.63) is 30.1 Å². The summed E-state index contributed by atoms with van der Waals surface area (Å²) in [6, 6.07) is 4.88. The molecule has 1 amide bonds. The Kier molecular flexibility index (Phi) is 4.95. The molecule has 1 N–H and O–H groups in total. The summed E-state index contributed by atoms with van der Waals surface area (Å²) < 4.78 is 39.6. The maximum absolute atomic E-state index is 13.1. The summed E-state index contributed by atoms with van der Waals surface area (Å²) in [5.41, 5.74) is 0. The molecular weight excluding hydrogens is 295 g/mol. The van der Waals surface area contributed by atoms with Crippen molar-refractivity contribution in [2.75, 3.05) is 19.6 Å². The molecule has 7 heteroatoms. The monoisotopic (exact) mass is 314 g/mol. The highest BCUT2D eigenvalue weighted by atomic mass is 32.2. The molecule has 1 heterocycles. The number of hydrogen-bond acceptors (Lipinski definition) is 3. The van der Waals surface area contributed by atoms with Crippen LogP contribution < -0.4 is 4.72 Å². The lowest BCUT2D eigenvalue weighted by molar-refractivity contribution is -0.128. The summed E-state index contributed by atoms with van der Waals surface area (Å²) in [5, 5.41) is 0. The third kappa shape index (κ3) is 4.25. The van der Waals surface area contributed by atoms with Crippen LogP contribution in [0, 0.1) is 11.7 Å². The molecule has 0 bridgehead atoms. The molecule has 2 rings (SSSR count). The molecule has 1 fully saturated rings. The molecule has 1 saturated heterocycles. The Morgan fingerprint density at radius 1 is 1.43 bits per heavy atom. The normalized spacial score (nSPS) is 17.2. The van der Waals surface area contributed by atoms with E-state index in [4.69, 9.17) is 0 Å². The zero-order valence-corrected chi connectivity index (χ0v) is 12.7. The molecule has 0 saturated carbocycles. The number of amides is 1. The minimum Gasteiger partial charge on any atom is -0.342 e. The zero-order chi connectivity index (χ0) is 15.5. The first-order valence-electron chi connectivity index (χ1n) is 6.91. The highest BCUT2D eigenvalue weighted by molar-refractivity contribution is 7.89. The van der Waals surface area contributed by atoms with Crippen LogP contribution in [0.3, 0.4) is 0 Å². The summed E-state index contributed by atoms with van der Waals surface area (Å²) in [7, 11) is -3.72. The van der Waals surface area contributed by atoms with Gasteiger partial charge in [-0.15, -0.1) is 0 Å². The van der Waals surface area contributed by atoms with Crippen LogP contribution in [0.25, 0.3) is 0 Å². The van der Waals surface area contributed by atoms with E-state index in [0.29, 0.717) is 13.0 Å². The topological polar surface area (TPSA) is 66.5 Å². The first-order chi connectivity index (χ1) is 9.88. The summed E-state index contributed by atoms with van der Waals surface area (Å²) >= 11 is 0. The Balaban J connectivity index is 1.90. The largest absolute Gasteiger partial charge is 0.342 e. The van der Waals surface area contributed by atoms with E-state index in [-0.39, 0.29) is 23.3 Å². The van der Waals surface area contributed by atoms with Crippen molar-refractivity contribution in [1.82, 2.24) is 9.62 Å². The number of halogens is 1. The van der Waals surface area contributed by atoms with Crippen molar-refractivity contribution >= 4 is 15.9 Å². The Labute approximate surface area is 124 Å². The molecule has 0 radical (unpaired) electrons. The molecule has 1 atom stereocenters. The lowest BCUT2D eigenvalue weighted by Crippen LogP contribution is -2.36. The number of nitrogens with one attached hydrogen (secondary N) is 1. The molecule has 1 aromatic carbocycles. The van der Waals surface area contributed by atoms with Crippen LogP contribution in [0.1, 0.15) is 19.8 Å². The minimum atomic E-state index is -3.72. The number of rotatable bonds is 6. The molecule has 0 aromatic heterocycles. The Bertz CT molecular complexity index is 618. The van der Waals surface area contributed by atoms with Gasteiger partial charge in [-0.25, -0.2) is 17.5 Å². The number of carbonyl (C=O) groups excluding carboxylic acids is 1. The quantitative estimate of drug-likeness (QED) is 0.862. The van der Waals surface area contributed by atoms with Gasteiger partial charge >= 0.3 is 0 Å². The highest BCUT2D eigenvalue weighted by Crippen LogP contribution is 2.13. The third-order valence-electron chi connectivity index (χ3n) is 3.43. The fourth-order valence-electron chi connectivity index (χ4n) is 2.31. The number of likely N-dealkylation sites (tertiary alicyclic amines) is 1. The summed E-state index contributed by atoms with van der Waals surface area (Å²) in [4.78, 5) is 13.2. The molecule has 0 aliphatic carbocycles. The highest BCUT2D eigenvalue weighted by Gasteiger charge is 2.23. The zero-order valence-electron chi connectivity index (χ0n) is 11.9. The van der Waals surface area contributed by atoms with Crippen molar-refractivity contribution in [1.29, 1.82) is 0 Å². The second-order valence-corrected chi connectivity index (χ2v) is 7.12. The van der Waals surface area contributed by atoms with Crippen LogP contribution >= 0.6 is 0 Å². The SMILES string of the molecule is C[C@@H](CNS(=O)(=O)c1cccc(F)c1)CN1CCCC1=O. The summed E-state index contributed by atoms with van der Waals surface area (Å²) in [5.74, 6) is -0.473. The van der Waals surface area contributed by atoms with Gasteiger partial charge in [-0.3, -0.25) is 4.79 Å². The van der Waals surface area contributed by atoms with Crippen LogP contribution in [-0.2, 0) is 14.8 Å². The standard InChI is InChI=1S/C14H19FN2O3S/c1-11(10-17-7-3-6-14(17)18)9-16-21(19,20)13-5-2-4-12(15)8-13/h2,4-5,8,11,16H,3,6-7,9-10H2,1H3/t11-/m0/s1. The third-order valence-corrected chi connectivity index (χ3v) is 4.85. The molecule has 5 nitrogen and oxygen atoms in total. The maximum atomic E-state index is 13.1. The van der Waals surface area contributed by atoms with Crippen LogP contribution in [0.15, 0.2) is 29.2 Å². The van der Waals surface area contributed by atoms with Crippen molar-refractivity contribution < 1.29 is 17.6 Å². The second kappa shape index (κ2) is 6.53. The van der Waals surface area contributed by atoms with E-state index in [1.165, 1.54) is 18.2 Å².